The monoisotopic (exact) mass is 280 g/mol. The number of carbonyl (C=O) groups is 1. The van der Waals surface area contributed by atoms with Crippen LogP contribution in [0.25, 0.3) is 0 Å². The van der Waals surface area contributed by atoms with E-state index in [0.717, 1.165) is 11.6 Å². The van der Waals surface area contributed by atoms with Gasteiger partial charge in [0.1, 0.15) is 0 Å². The van der Waals surface area contributed by atoms with Gasteiger partial charge in [0, 0.05) is 11.4 Å². The number of nitrogen functional groups attached to an aromatic ring is 1. The third kappa shape index (κ3) is 2.59. The van der Waals surface area contributed by atoms with Crippen molar-refractivity contribution in [3.8, 4) is 0 Å². The molecule has 0 atom stereocenters. The normalized spacial score (nSPS) is 10.4. The summed E-state index contributed by atoms with van der Waals surface area (Å²) in [4.78, 5) is 11.8. The maximum absolute atomic E-state index is 13.5. The average Bonchev–Trinajstić information content (AvgIpc) is 2.40. The molecule has 0 fully saturated rings. The average molecular weight is 280 g/mol. The van der Waals surface area contributed by atoms with Gasteiger partial charge in [0.25, 0.3) is 5.91 Å². The van der Waals surface area contributed by atoms with Crippen molar-refractivity contribution < 1.29 is 18.0 Å². The van der Waals surface area contributed by atoms with E-state index in [-0.39, 0.29) is 0 Å². The zero-order chi connectivity index (χ0) is 14.9. The lowest BCUT2D eigenvalue weighted by Gasteiger charge is -2.08. The Hall–Kier alpha value is -2.50. The van der Waals surface area contributed by atoms with Crippen molar-refractivity contribution in [2.75, 3.05) is 11.1 Å². The number of nitrogens with one attached hydrogen (secondary N) is 1. The number of rotatable bonds is 2. The second kappa shape index (κ2) is 5.24. The first-order valence-corrected chi connectivity index (χ1v) is 5.71. The van der Waals surface area contributed by atoms with Crippen LogP contribution < -0.4 is 11.1 Å². The maximum atomic E-state index is 13.5. The summed E-state index contributed by atoms with van der Waals surface area (Å²) in [6, 6.07) is 6.27. The minimum Gasteiger partial charge on any atom is -0.399 e. The highest BCUT2D eigenvalue weighted by atomic mass is 19.2. The molecule has 6 heteroatoms. The van der Waals surface area contributed by atoms with Gasteiger partial charge < -0.3 is 11.1 Å². The summed E-state index contributed by atoms with van der Waals surface area (Å²) < 4.78 is 39.3. The van der Waals surface area contributed by atoms with E-state index in [1.807, 2.05) is 0 Å². The maximum Gasteiger partial charge on any atom is 0.258 e. The molecule has 0 radical (unpaired) electrons. The van der Waals surface area contributed by atoms with Crippen LogP contribution in [-0.2, 0) is 0 Å². The minimum absolute atomic E-state index is 0.380. The van der Waals surface area contributed by atoms with Gasteiger partial charge in [0.2, 0.25) is 0 Å². The molecule has 3 N–H and O–H groups in total. The van der Waals surface area contributed by atoms with Crippen LogP contribution in [0.1, 0.15) is 15.9 Å². The molecule has 0 bridgehead atoms. The van der Waals surface area contributed by atoms with Crippen LogP contribution in [0.15, 0.2) is 30.3 Å². The Morgan fingerprint density at radius 2 is 1.80 bits per heavy atom. The van der Waals surface area contributed by atoms with E-state index in [2.05, 4.69) is 5.32 Å². The van der Waals surface area contributed by atoms with Gasteiger partial charge in [0.05, 0.1) is 5.56 Å². The lowest BCUT2D eigenvalue weighted by atomic mass is 10.1. The minimum atomic E-state index is -1.67. The van der Waals surface area contributed by atoms with Gasteiger partial charge in [-0.3, -0.25) is 4.79 Å². The summed E-state index contributed by atoms with van der Waals surface area (Å²) in [6.45, 7) is 1.74. The van der Waals surface area contributed by atoms with Crippen LogP contribution >= 0.6 is 0 Å². The van der Waals surface area contributed by atoms with Crippen LogP contribution in [0.2, 0.25) is 0 Å². The second-order valence-corrected chi connectivity index (χ2v) is 4.25. The Bertz CT molecular complexity index is 686. The lowest BCUT2D eigenvalue weighted by Crippen LogP contribution is -2.15. The SMILES string of the molecule is Cc1cc(NC(=O)c2ccc(F)c(F)c2F)ccc1N. The van der Waals surface area contributed by atoms with Crippen LogP contribution in [-0.4, -0.2) is 5.91 Å². The van der Waals surface area contributed by atoms with Gasteiger partial charge >= 0.3 is 0 Å². The van der Waals surface area contributed by atoms with Crippen molar-refractivity contribution in [2.24, 2.45) is 0 Å². The van der Waals surface area contributed by atoms with Crippen LogP contribution in [0.5, 0.6) is 0 Å². The Morgan fingerprint density at radius 1 is 1.10 bits per heavy atom. The number of halogens is 3. The number of anilines is 2. The smallest absolute Gasteiger partial charge is 0.258 e. The summed E-state index contributed by atoms with van der Waals surface area (Å²) in [7, 11) is 0. The zero-order valence-electron chi connectivity index (χ0n) is 10.5. The molecule has 0 saturated heterocycles. The number of aryl methyl sites for hydroxylation is 1. The van der Waals surface area contributed by atoms with Gasteiger partial charge in [-0.15, -0.1) is 0 Å². The molecule has 0 aromatic heterocycles. The quantitative estimate of drug-likeness (QED) is 0.655. The van der Waals surface area contributed by atoms with E-state index in [1.165, 1.54) is 6.07 Å². The molecule has 0 aliphatic rings. The summed E-state index contributed by atoms with van der Waals surface area (Å²) in [5.41, 5.74) is 6.71. The molecule has 2 aromatic carbocycles. The summed E-state index contributed by atoms with van der Waals surface area (Å²) in [6.07, 6.45) is 0. The molecular weight excluding hydrogens is 269 g/mol. The Morgan fingerprint density at radius 3 is 2.45 bits per heavy atom. The number of hydrogen-bond donors (Lipinski definition) is 2. The van der Waals surface area contributed by atoms with Crippen LogP contribution in [0, 0.1) is 24.4 Å². The van der Waals surface area contributed by atoms with Crippen molar-refractivity contribution in [1.29, 1.82) is 0 Å². The summed E-state index contributed by atoms with van der Waals surface area (Å²) in [5.74, 6) is -5.41. The highest BCUT2D eigenvalue weighted by Gasteiger charge is 2.18. The molecule has 104 valence electrons. The van der Waals surface area contributed by atoms with E-state index < -0.39 is 28.9 Å². The standard InChI is InChI=1S/C14H11F3N2O/c1-7-6-8(2-5-11(7)18)19-14(20)9-3-4-10(15)13(17)12(9)16/h2-6H,18H2,1H3,(H,19,20). The number of hydrogen-bond acceptors (Lipinski definition) is 2. The Labute approximate surface area is 113 Å². The van der Waals surface area contributed by atoms with Gasteiger partial charge in [-0.05, 0) is 42.8 Å². The third-order valence-electron chi connectivity index (χ3n) is 2.81. The Balaban J connectivity index is 2.28. The molecule has 2 rings (SSSR count). The fraction of sp³-hybridized carbons (Fsp3) is 0.0714. The van der Waals surface area contributed by atoms with Gasteiger partial charge in [-0.1, -0.05) is 0 Å². The first kappa shape index (κ1) is 13.9. The largest absolute Gasteiger partial charge is 0.399 e. The predicted molar refractivity (Wildman–Crippen MR) is 69.9 cm³/mol. The third-order valence-corrected chi connectivity index (χ3v) is 2.81. The molecule has 3 nitrogen and oxygen atoms in total. The number of amides is 1. The molecule has 0 heterocycles. The van der Waals surface area contributed by atoms with Crippen molar-refractivity contribution in [3.05, 3.63) is 58.9 Å². The number of nitrogens with two attached hydrogens (primary N) is 1. The summed E-state index contributed by atoms with van der Waals surface area (Å²) in [5, 5.41) is 2.39. The molecule has 0 aliphatic carbocycles. The molecule has 0 saturated carbocycles. The molecule has 0 aliphatic heterocycles. The number of carbonyl (C=O) groups excluding carboxylic acids is 1. The molecule has 20 heavy (non-hydrogen) atoms. The topological polar surface area (TPSA) is 55.1 Å². The van der Waals surface area contributed by atoms with Gasteiger partial charge in [0.15, 0.2) is 17.5 Å². The zero-order valence-corrected chi connectivity index (χ0v) is 10.5. The second-order valence-electron chi connectivity index (χ2n) is 4.25. The van der Waals surface area contributed by atoms with Crippen LogP contribution in [0.3, 0.4) is 0 Å². The molecule has 0 spiro atoms. The van der Waals surface area contributed by atoms with E-state index in [4.69, 9.17) is 5.73 Å². The number of benzene rings is 2. The highest BCUT2D eigenvalue weighted by molar-refractivity contribution is 6.04. The molecule has 2 aromatic rings. The van der Waals surface area contributed by atoms with Crippen molar-refractivity contribution in [2.45, 2.75) is 6.92 Å². The lowest BCUT2D eigenvalue weighted by molar-refractivity contribution is 0.102. The van der Waals surface area contributed by atoms with Crippen LogP contribution in [0.4, 0.5) is 24.5 Å². The highest BCUT2D eigenvalue weighted by Crippen LogP contribution is 2.19. The van der Waals surface area contributed by atoms with E-state index in [9.17, 15) is 18.0 Å². The van der Waals surface area contributed by atoms with E-state index >= 15 is 0 Å². The first-order chi connectivity index (χ1) is 9.40. The first-order valence-electron chi connectivity index (χ1n) is 5.71. The molecular formula is C14H11F3N2O. The van der Waals surface area contributed by atoms with Crippen molar-refractivity contribution in [1.82, 2.24) is 0 Å². The van der Waals surface area contributed by atoms with E-state index in [0.29, 0.717) is 17.4 Å². The fourth-order valence-corrected chi connectivity index (χ4v) is 1.65. The van der Waals surface area contributed by atoms with Crippen molar-refractivity contribution in [3.63, 3.8) is 0 Å². The molecule has 1 amide bonds. The van der Waals surface area contributed by atoms with Gasteiger partial charge in [-0.2, -0.15) is 0 Å². The van der Waals surface area contributed by atoms with Crippen molar-refractivity contribution >= 4 is 17.3 Å². The Kier molecular flexibility index (Phi) is 3.65. The molecule has 0 unspecified atom stereocenters. The predicted octanol–water partition coefficient (Wildman–Crippen LogP) is 3.25. The van der Waals surface area contributed by atoms with E-state index in [1.54, 1.807) is 19.1 Å². The fourth-order valence-electron chi connectivity index (χ4n) is 1.65. The summed E-state index contributed by atoms with van der Waals surface area (Å²) >= 11 is 0. The van der Waals surface area contributed by atoms with Gasteiger partial charge in [-0.25, -0.2) is 13.2 Å².